The van der Waals surface area contributed by atoms with Gasteiger partial charge >= 0.3 is 198 Å². The summed E-state index contributed by atoms with van der Waals surface area (Å²) in [4.78, 5) is 4.08. The topological polar surface area (TPSA) is 18.5 Å². The predicted molar refractivity (Wildman–Crippen MR) is 135 cm³/mol. The fourth-order valence-corrected chi connectivity index (χ4v) is 15.4. The summed E-state index contributed by atoms with van der Waals surface area (Å²) in [6.07, 6.45) is 0. The number of rotatable bonds is 6. The minimum atomic E-state index is -1.92. The van der Waals surface area contributed by atoms with E-state index in [1.54, 1.807) is 16.3 Å². The molecule has 3 nitrogen and oxygen atoms in total. The Hall–Kier alpha value is -1.03. The molecule has 0 aliphatic heterocycles. The molecule has 0 radical (unpaired) electrons. The van der Waals surface area contributed by atoms with E-state index >= 15 is 0 Å². The molecule has 0 fully saturated rings. The van der Waals surface area contributed by atoms with E-state index in [1.165, 1.54) is 16.7 Å². The molecule has 1 atom stereocenters. The molecule has 1 aliphatic rings. The van der Waals surface area contributed by atoms with Crippen LogP contribution in [0.5, 0.6) is 0 Å². The molecular weight excluding hydrogens is 478 g/mol. The minimum absolute atomic E-state index is 0.0887. The van der Waals surface area contributed by atoms with Crippen molar-refractivity contribution in [3.05, 3.63) is 65.2 Å². The molecule has 169 valence electrons. The zero-order chi connectivity index (χ0) is 23.1. The van der Waals surface area contributed by atoms with Crippen molar-refractivity contribution in [2.75, 3.05) is 28.2 Å². The number of allylic oxidation sites excluding steroid dienone is 1. The molecule has 1 unspecified atom stereocenters. The summed E-state index contributed by atoms with van der Waals surface area (Å²) in [5.74, 6) is 0. The second-order valence-corrected chi connectivity index (χ2v) is 20.7. The zero-order valence-corrected chi connectivity index (χ0v) is 24.0. The fourth-order valence-electron chi connectivity index (χ4n) is 5.31. The van der Waals surface area contributed by atoms with E-state index < -0.39 is 26.0 Å². The van der Waals surface area contributed by atoms with Crippen molar-refractivity contribution in [3.63, 3.8) is 0 Å². The van der Waals surface area contributed by atoms with Crippen LogP contribution in [0.4, 0.5) is 0 Å². The van der Waals surface area contributed by atoms with Gasteiger partial charge in [-0.05, 0) is 0 Å². The van der Waals surface area contributed by atoms with Crippen molar-refractivity contribution < 1.29 is 17.8 Å². The number of hydrogen-bond acceptors (Lipinski definition) is 3. The van der Waals surface area contributed by atoms with Crippen LogP contribution in [0.1, 0.15) is 43.1 Å². The summed E-state index contributed by atoms with van der Waals surface area (Å²) in [5, 5.41) is 1.62. The van der Waals surface area contributed by atoms with E-state index in [4.69, 9.17) is 0 Å². The Bertz CT molecular complexity index is 950. The standard InChI is InChI=1S/C22H28NSi.2C2H6N.Mo/c1-16-15-18-13-10-14-19(17-11-8-7-9-12-17)20(18)21(16)24(5,6)23-22(2,3)4;2*1-3-2;/h7-15,23H,1-6H3;2*1-2H3;/q;2*-1;+2. The second kappa shape index (κ2) is 9.07. The van der Waals surface area contributed by atoms with Gasteiger partial charge in [0.15, 0.2) is 0 Å². The Morgan fingerprint density at radius 2 is 1.45 bits per heavy atom. The van der Waals surface area contributed by atoms with Crippen LogP contribution in [0, 0.1) is 0 Å². The molecule has 0 spiro atoms. The predicted octanol–water partition coefficient (Wildman–Crippen LogP) is 5.89. The first-order chi connectivity index (χ1) is 14.3. The Labute approximate surface area is 197 Å². The van der Waals surface area contributed by atoms with Crippen LogP contribution >= 0.6 is 0 Å². The van der Waals surface area contributed by atoms with E-state index in [1.807, 2.05) is 0 Å². The molecule has 0 amide bonds. The third-order valence-electron chi connectivity index (χ3n) is 5.77. The van der Waals surface area contributed by atoms with Gasteiger partial charge in [-0.1, -0.05) is 0 Å². The molecule has 31 heavy (non-hydrogen) atoms. The maximum absolute atomic E-state index is 4.08. The van der Waals surface area contributed by atoms with Crippen LogP contribution in [0.2, 0.25) is 13.1 Å². The van der Waals surface area contributed by atoms with E-state index in [9.17, 15) is 0 Å². The summed E-state index contributed by atoms with van der Waals surface area (Å²) < 4.78 is 5.59. The van der Waals surface area contributed by atoms with E-state index in [2.05, 4.69) is 129 Å². The van der Waals surface area contributed by atoms with Gasteiger partial charge in [0.05, 0.1) is 0 Å². The first-order valence-corrected chi connectivity index (χ1v) is 17.1. The molecule has 0 heterocycles. The average Bonchev–Trinajstić information content (AvgIpc) is 2.93. The molecule has 1 aliphatic carbocycles. The van der Waals surface area contributed by atoms with E-state index in [-0.39, 0.29) is 5.54 Å². The molecular formula is C26H40MoN3Si. The van der Waals surface area contributed by atoms with Crippen molar-refractivity contribution in [2.45, 2.75) is 50.6 Å². The number of benzene rings is 2. The van der Waals surface area contributed by atoms with Crippen LogP contribution in [0.15, 0.2) is 54.1 Å². The molecule has 1 N–H and O–H groups in total. The normalized spacial score (nSPS) is 17.3. The van der Waals surface area contributed by atoms with Crippen LogP contribution in [0.3, 0.4) is 0 Å². The molecule has 2 aromatic carbocycles. The Morgan fingerprint density at radius 1 is 0.871 bits per heavy atom. The van der Waals surface area contributed by atoms with Gasteiger partial charge in [-0.3, -0.25) is 0 Å². The van der Waals surface area contributed by atoms with Gasteiger partial charge in [0.1, 0.15) is 0 Å². The molecule has 2 aromatic rings. The van der Waals surface area contributed by atoms with Crippen molar-refractivity contribution >= 4 is 13.4 Å². The van der Waals surface area contributed by atoms with Crippen molar-refractivity contribution in [2.24, 2.45) is 0 Å². The van der Waals surface area contributed by atoms with Gasteiger partial charge in [-0.15, -0.1) is 0 Å². The van der Waals surface area contributed by atoms with Crippen LogP contribution in [0.25, 0.3) is 16.3 Å². The Kier molecular flexibility index (Phi) is 7.20. The number of hydrogen-bond donors (Lipinski definition) is 1. The van der Waals surface area contributed by atoms with Crippen LogP contribution in [-0.4, -0.2) is 48.9 Å². The molecule has 5 heteroatoms. The van der Waals surface area contributed by atoms with E-state index in [0.29, 0.717) is 4.31 Å². The van der Waals surface area contributed by atoms with Gasteiger partial charge in [0.2, 0.25) is 0 Å². The number of fused-ring (bicyclic) bond motifs is 1. The third-order valence-corrected chi connectivity index (χ3v) is 15.3. The van der Waals surface area contributed by atoms with Crippen molar-refractivity contribution in [3.8, 4) is 11.1 Å². The monoisotopic (exact) mass is 520 g/mol. The summed E-state index contributed by atoms with van der Waals surface area (Å²) in [5.41, 5.74) is 7.46. The first kappa shape index (κ1) is 24.6. The summed E-state index contributed by atoms with van der Waals surface area (Å²) >= 11 is -1.79. The Morgan fingerprint density at radius 3 is 1.97 bits per heavy atom. The Balaban J connectivity index is 2.32. The summed E-state index contributed by atoms with van der Waals surface area (Å²) in [6, 6.07) is 18.0. The van der Waals surface area contributed by atoms with Gasteiger partial charge in [0, 0.05) is 0 Å². The van der Waals surface area contributed by atoms with Crippen molar-refractivity contribution in [1.82, 2.24) is 11.9 Å². The number of nitrogens with one attached hydrogen (secondary N) is 1. The van der Waals surface area contributed by atoms with Gasteiger partial charge in [0.25, 0.3) is 0 Å². The fraction of sp³-hybridized carbons (Fsp3) is 0.462. The second-order valence-electron chi connectivity index (χ2n) is 10.5. The van der Waals surface area contributed by atoms with Crippen LogP contribution in [-0.2, 0) is 17.8 Å². The van der Waals surface area contributed by atoms with Gasteiger partial charge < -0.3 is 0 Å². The SMILES string of the molecule is CC1=C([Si](C)(C)NC(C)(C)C)c2c(-c3ccccc3)cccc2[CH]1[Mo]([N](C)C)[N](C)C. The summed E-state index contributed by atoms with van der Waals surface area (Å²) in [7, 11) is 7.18. The zero-order valence-electron chi connectivity index (χ0n) is 21.0. The van der Waals surface area contributed by atoms with Crippen LogP contribution < -0.4 is 4.98 Å². The molecule has 3 rings (SSSR count). The molecule has 0 saturated heterocycles. The quantitative estimate of drug-likeness (QED) is 0.482. The number of nitrogens with zero attached hydrogens (tertiary/aromatic N) is 2. The summed E-state index contributed by atoms with van der Waals surface area (Å²) in [6.45, 7) is 14.3. The molecule has 0 aromatic heterocycles. The third kappa shape index (κ3) is 4.99. The molecule has 0 saturated carbocycles. The maximum atomic E-state index is 4.08. The first-order valence-electron chi connectivity index (χ1n) is 11.1. The van der Waals surface area contributed by atoms with Gasteiger partial charge in [-0.2, -0.15) is 0 Å². The molecule has 0 bridgehead atoms. The van der Waals surface area contributed by atoms with Crippen molar-refractivity contribution in [1.29, 1.82) is 0 Å². The van der Waals surface area contributed by atoms with E-state index in [0.717, 1.165) is 0 Å². The average molecular weight is 519 g/mol. The van der Waals surface area contributed by atoms with Gasteiger partial charge in [-0.25, -0.2) is 0 Å².